The number of benzene rings is 1. The van der Waals surface area contributed by atoms with Gasteiger partial charge in [0.05, 0.1) is 0 Å². The van der Waals surface area contributed by atoms with Crippen LogP contribution in [0.3, 0.4) is 0 Å². The highest BCUT2D eigenvalue weighted by Crippen LogP contribution is 2.33. The molecule has 0 amide bonds. The van der Waals surface area contributed by atoms with Gasteiger partial charge in [0.1, 0.15) is 11.6 Å². The van der Waals surface area contributed by atoms with Crippen LogP contribution in [0.4, 0.5) is 0 Å². The predicted octanol–water partition coefficient (Wildman–Crippen LogP) is 2.53. The van der Waals surface area contributed by atoms with Crippen LogP contribution in [0.5, 0.6) is 0 Å². The van der Waals surface area contributed by atoms with E-state index in [0.29, 0.717) is 11.7 Å². The van der Waals surface area contributed by atoms with E-state index in [1.165, 1.54) is 0 Å². The van der Waals surface area contributed by atoms with Crippen molar-refractivity contribution in [3.8, 4) is 0 Å². The third-order valence-electron chi connectivity index (χ3n) is 3.81. The van der Waals surface area contributed by atoms with Crippen molar-refractivity contribution in [2.75, 3.05) is 6.61 Å². The first-order valence-electron chi connectivity index (χ1n) is 6.98. The molecule has 1 aliphatic rings. The second kappa shape index (κ2) is 5.34. The molecule has 2 aromatic rings. The second-order valence-corrected chi connectivity index (χ2v) is 5.38. The first kappa shape index (κ1) is 13.3. The summed E-state index contributed by atoms with van der Waals surface area (Å²) >= 11 is 0. The Morgan fingerprint density at radius 3 is 2.75 bits per heavy atom. The molecule has 1 aliphatic heterocycles. The van der Waals surface area contributed by atoms with Gasteiger partial charge in [-0.25, -0.2) is 0 Å². The average Bonchev–Trinajstić information content (AvgIpc) is 2.99. The summed E-state index contributed by atoms with van der Waals surface area (Å²) in [5, 5.41) is 4.07. The molecule has 0 bridgehead atoms. The zero-order valence-electron chi connectivity index (χ0n) is 11.6. The van der Waals surface area contributed by atoms with Gasteiger partial charge in [-0.1, -0.05) is 35.5 Å². The Bertz CT molecular complexity index is 562. The van der Waals surface area contributed by atoms with Crippen molar-refractivity contribution in [2.45, 2.75) is 37.8 Å². The largest absolute Gasteiger partial charge is 0.367 e. The standard InChI is InChI=1S/C15H19N3O2/c1-15(9-5-6-10-19-15)14-17-13(20-18-14)12(16)11-7-3-2-4-8-11/h2-4,7-8,12H,5-6,9-10,16H2,1H3/t12-,15?/m0/s1. The Balaban J connectivity index is 1.83. The van der Waals surface area contributed by atoms with E-state index in [1.54, 1.807) is 0 Å². The topological polar surface area (TPSA) is 74.2 Å². The molecular weight excluding hydrogens is 254 g/mol. The molecular formula is C15H19N3O2. The van der Waals surface area contributed by atoms with Gasteiger partial charge in [-0.2, -0.15) is 4.98 Å². The summed E-state index contributed by atoms with van der Waals surface area (Å²) in [6, 6.07) is 9.34. The molecule has 5 nitrogen and oxygen atoms in total. The maximum atomic E-state index is 6.17. The lowest BCUT2D eigenvalue weighted by Gasteiger charge is -2.30. The highest BCUT2D eigenvalue weighted by molar-refractivity contribution is 5.23. The second-order valence-electron chi connectivity index (χ2n) is 5.38. The number of aromatic nitrogens is 2. The lowest BCUT2D eigenvalue weighted by Crippen LogP contribution is -2.31. The van der Waals surface area contributed by atoms with Crippen LogP contribution in [-0.4, -0.2) is 16.7 Å². The van der Waals surface area contributed by atoms with E-state index in [9.17, 15) is 0 Å². The molecule has 2 atom stereocenters. The Morgan fingerprint density at radius 1 is 1.25 bits per heavy atom. The van der Waals surface area contributed by atoms with E-state index in [-0.39, 0.29) is 0 Å². The van der Waals surface area contributed by atoms with Crippen LogP contribution in [0.25, 0.3) is 0 Å². The van der Waals surface area contributed by atoms with Gasteiger partial charge >= 0.3 is 0 Å². The zero-order chi connectivity index (χ0) is 14.0. The monoisotopic (exact) mass is 273 g/mol. The molecule has 0 spiro atoms. The average molecular weight is 273 g/mol. The van der Waals surface area contributed by atoms with Crippen molar-refractivity contribution in [2.24, 2.45) is 5.73 Å². The number of hydrogen-bond donors (Lipinski definition) is 1. The third-order valence-corrected chi connectivity index (χ3v) is 3.81. The zero-order valence-corrected chi connectivity index (χ0v) is 11.6. The quantitative estimate of drug-likeness (QED) is 0.930. The van der Waals surface area contributed by atoms with E-state index in [1.807, 2.05) is 37.3 Å². The van der Waals surface area contributed by atoms with E-state index >= 15 is 0 Å². The van der Waals surface area contributed by atoms with Gasteiger partial charge in [-0.3, -0.25) is 0 Å². The molecule has 2 heterocycles. The maximum Gasteiger partial charge on any atom is 0.248 e. The van der Waals surface area contributed by atoms with Gasteiger partial charge in [0.15, 0.2) is 0 Å². The molecule has 0 aliphatic carbocycles. The smallest absolute Gasteiger partial charge is 0.248 e. The van der Waals surface area contributed by atoms with E-state index in [0.717, 1.165) is 31.4 Å². The lowest BCUT2D eigenvalue weighted by molar-refractivity contribution is -0.0770. The van der Waals surface area contributed by atoms with Gasteiger partial charge in [-0.05, 0) is 31.7 Å². The molecule has 20 heavy (non-hydrogen) atoms. The first-order valence-corrected chi connectivity index (χ1v) is 6.98. The van der Waals surface area contributed by atoms with Gasteiger partial charge < -0.3 is 15.0 Å². The molecule has 0 radical (unpaired) electrons. The number of ether oxygens (including phenoxy) is 1. The van der Waals surface area contributed by atoms with Gasteiger partial charge in [0.25, 0.3) is 0 Å². The molecule has 5 heteroatoms. The van der Waals surface area contributed by atoms with Crippen molar-refractivity contribution < 1.29 is 9.26 Å². The molecule has 2 N–H and O–H groups in total. The highest BCUT2D eigenvalue weighted by Gasteiger charge is 2.35. The number of nitrogens with zero attached hydrogens (tertiary/aromatic N) is 2. The number of hydrogen-bond acceptors (Lipinski definition) is 5. The fourth-order valence-electron chi connectivity index (χ4n) is 2.49. The highest BCUT2D eigenvalue weighted by atomic mass is 16.5. The van der Waals surface area contributed by atoms with Crippen molar-refractivity contribution in [1.82, 2.24) is 10.1 Å². The van der Waals surface area contributed by atoms with Crippen molar-refractivity contribution in [1.29, 1.82) is 0 Å². The summed E-state index contributed by atoms with van der Waals surface area (Å²) in [6.45, 7) is 2.75. The summed E-state index contributed by atoms with van der Waals surface area (Å²) in [6.07, 6.45) is 3.11. The minimum atomic E-state index is -0.448. The van der Waals surface area contributed by atoms with Crippen LogP contribution < -0.4 is 5.73 Å². The van der Waals surface area contributed by atoms with Crippen molar-refractivity contribution in [3.63, 3.8) is 0 Å². The minimum absolute atomic E-state index is 0.398. The van der Waals surface area contributed by atoms with E-state index in [4.69, 9.17) is 15.0 Å². The van der Waals surface area contributed by atoms with Crippen LogP contribution >= 0.6 is 0 Å². The summed E-state index contributed by atoms with van der Waals surface area (Å²) in [5.74, 6) is 1.03. The van der Waals surface area contributed by atoms with Crippen LogP contribution in [0, 0.1) is 0 Å². The summed E-state index contributed by atoms with van der Waals surface area (Å²) in [5.41, 5.74) is 6.67. The van der Waals surface area contributed by atoms with Crippen LogP contribution in [0.15, 0.2) is 34.9 Å². The normalized spacial score (nSPS) is 24.5. The van der Waals surface area contributed by atoms with Crippen LogP contribution in [-0.2, 0) is 10.3 Å². The Morgan fingerprint density at radius 2 is 2.05 bits per heavy atom. The summed E-state index contributed by atoms with van der Waals surface area (Å²) in [4.78, 5) is 4.45. The van der Waals surface area contributed by atoms with Crippen molar-refractivity contribution in [3.05, 3.63) is 47.6 Å². The molecule has 0 saturated carbocycles. The van der Waals surface area contributed by atoms with Crippen molar-refractivity contribution >= 4 is 0 Å². The fraction of sp³-hybridized carbons (Fsp3) is 0.467. The van der Waals surface area contributed by atoms with E-state index in [2.05, 4.69) is 10.1 Å². The Kier molecular flexibility index (Phi) is 3.54. The number of rotatable bonds is 3. The van der Waals surface area contributed by atoms with Gasteiger partial charge in [-0.15, -0.1) is 0 Å². The molecule has 106 valence electrons. The predicted molar refractivity (Wildman–Crippen MR) is 73.9 cm³/mol. The molecule has 1 aromatic heterocycles. The maximum absolute atomic E-state index is 6.17. The molecule has 1 aromatic carbocycles. The Labute approximate surface area is 118 Å². The molecule has 1 saturated heterocycles. The fourth-order valence-corrected chi connectivity index (χ4v) is 2.49. The first-order chi connectivity index (χ1) is 9.69. The van der Waals surface area contributed by atoms with Gasteiger partial charge in [0, 0.05) is 6.61 Å². The number of nitrogens with two attached hydrogens (primary N) is 1. The van der Waals surface area contributed by atoms with Crippen LogP contribution in [0.1, 0.15) is 49.5 Å². The molecule has 1 unspecified atom stereocenters. The van der Waals surface area contributed by atoms with Crippen LogP contribution in [0.2, 0.25) is 0 Å². The molecule has 3 rings (SSSR count). The summed E-state index contributed by atoms with van der Waals surface area (Å²) < 4.78 is 11.2. The summed E-state index contributed by atoms with van der Waals surface area (Å²) in [7, 11) is 0. The minimum Gasteiger partial charge on any atom is -0.367 e. The SMILES string of the molecule is CC1(c2noc([C@@H](N)c3ccccc3)n2)CCCCO1. The Hall–Kier alpha value is -1.72. The van der Waals surface area contributed by atoms with Gasteiger partial charge in [0.2, 0.25) is 11.7 Å². The molecule has 1 fully saturated rings. The van der Waals surface area contributed by atoms with E-state index < -0.39 is 11.6 Å². The lowest BCUT2D eigenvalue weighted by atomic mass is 9.95. The third kappa shape index (κ3) is 2.46.